The van der Waals surface area contributed by atoms with Crippen molar-refractivity contribution in [3.05, 3.63) is 53.6 Å². The van der Waals surface area contributed by atoms with Crippen LogP contribution in [-0.4, -0.2) is 57.9 Å². The fourth-order valence-corrected chi connectivity index (χ4v) is 3.90. The van der Waals surface area contributed by atoms with Crippen molar-refractivity contribution in [1.29, 1.82) is 0 Å². The van der Waals surface area contributed by atoms with Crippen molar-refractivity contribution >= 4 is 18.2 Å². The standard InChI is InChI=1S/C22H28N6O.ClH/c1-16-20(17(2)26(3)25-16)15-27-11-13-28(14-12-27)22-21(23-9-10-24-22)18-5-7-19(29-4)8-6-18;/h5-10H,11-15H2,1-4H3;1H. The number of ether oxygens (including phenoxy) is 1. The van der Waals surface area contributed by atoms with Gasteiger partial charge in [0.1, 0.15) is 11.4 Å². The number of hydrogen-bond acceptors (Lipinski definition) is 6. The molecule has 0 spiro atoms. The number of hydrogen-bond donors (Lipinski definition) is 0. The van der Waals surface area contributed by atoms with E-state index < -0.39 is 0 Å². The SMILES string of the molecule is COc1ccc(-c2nccnc2N2CCN(Cc3c(C)nn(C)c3C)CC2)cc1.Cl. The van der Waals surface area contributed by atoms with Crippen LogP contribution in [0.5, 0.6) is 5.75 Å². The van der Waals surface area contributed by atoms with Crippen LogP contribution in [0.3, 0.4) is 0 Å². The maximum atomic E-state index is 5.27. The molecule has 1 aromatic carbocycles. The van der Waals surface area contributed by atoms with Gasteiger partial charge in [0.2, 0.25) is 0 Å². The monoisotopic (exact) mass is 428 g/mol. The Kier molecular flexibility index (Phi) is 6.95. The number of nitrogens with zero attached hydrogens (tertiary/aromatic N) is 6. The van der Waals surface area contributed by atoms with Crippen molar-refractivity contribution in [2.45, 2.75) is 20.4 Å². The number of rotatable bonds is 5. The molecule has 7 nitrogen and oxygen atoms in total. The molecule has 1 fully saturated rings. The van der Waals surface area contributed by atoms with Gasteiger partial charge in [-0.2, -0.15) is 5.10 Å². The Labute approximate surface area is 184 Å². The average molecular weight is 429 g/mol. The van der Waals surface area contributed by atoms with Gasteiger partial charge < -0.3 is 9.64 Å². The van der Waals surface area contributed by atoms with E-state index in [-0.39, 0.29) is 12.4 Å². The van der Waals surface area contributed by atoms with Gasteiger partial charge >= 0.3 is 0 Å². The normalized spacial score (nSPS) is 14.5. The number of aromatic nitrogens is 4. The van der Waals surface area contributed by atoms with Gasteiger partial charge in [-0.05, 0) is 38.1 Å². The molecule has 8 heteroatoms. The molecule has 0 bridgehead atoms. The van der Waals surface area contributed by atoms with E-state index in [4.69, 9.17) is 4.74 Å². The van der Waals surface area contributed by atoms with Crippen LogP contribution in [-0.2, 0) is 13.6 Å². The highest BCUT2D eigenvalue weighted by atomic mass is 35.5. The highest BCUT2D eigenvalue weighted by Crippen LogP contribution is 2.29. The zero-order valence-electron chi connectivity index (χ0n) is 18.0. The Hall–Kier alpha value is -2.64. The lowest BCUT2D eigenvalue weighted by molar-refractivity contribution is 0.248. The smallest absolute Gasteiger partial charge is 0.155 e. The van der Waals surface area contributed by atoms with Crippen molar-refractivity contribution in [3.8, 4) is 17.0 Å². The van der Waals surface area contributed by atoms with Crippen molar-refractivity contribution in [2.75, 3.05) is 38.2 Å². The van der Waals surface area contributed by atoms with Gasteiger partial charge in [-0.3, -0.25) is 14.6 Å². The summed E-state index contributed by atoms with van der Waals surface area (Å²) in [4.78, 5) is 14.1. The van der Waals surface area contributed by atoms with Gasteiger partial charge in [0.05, 0.1) is 12.8 Å². The topological polar surface area (TPSA) is 59.3 Å². The fraction of sp³-hybridized carbons (Fsp3) is 0.409. The second-order valence-electron chi connectivity index (χ2n) is 7.49. The molecular formula is C22H29ClN6O. The second kappa shape index (κ2) is 9.45. The van der Waals surface area contributed by atoms with Gasteiger partial charge in [0, 0.05) is 69.0 Å². The van der Waals surface area contributed by atoms with E-state index in [1.807, 2.05) is 36.0 Å². The van der Waals surface area contributed by atoms with Crippen LogP contribution >= 0.6 is 12.4 Å². The Balaban J connectivity index is 0.00000256. The van der Waals surface area contributed by atoms with E-state index >= 15 is 0 Å². The molecule has 1 aliphatic rings. The first-order valence-corrected chi connectivity index (χ1v) is 9.98. The van der Waals surface area contributed by atoms with Crippen LogP contribution in [0.2, 0.25) is 0 Å². The molecule has 3 heterocycles. The Morgan fingerprint density at radius 1 is 0.967 bits per heavy atom. The summed E-state index contributed by atoms with van der Waals surface area (Å²) in [5.41, 5.74) is 5.70. The number of aryl methyl sites for hydroxylation is 2. The molecule has 0 radical (unpaired) electrons. The van der Waals surface area contributed by atoms with Crippen LogP contribution < -0.4 is 9.64 Å². The number of halogens is 1. The summed E-state index contributed by atoms with van der Waals surface area (Å²) in [5, 5.41) is 4.55. The molecule has 0 atom stereocenters. The van der Waals surface area contributed by atoms with Crippen molar-refractivity contribution in [1.82, 2.24) is 24.6 Å². The molecule has 0 unspecified atom stereocenters. The van der Waals surface area contributed by atoms with Gasteiger partial charge in [0.25, 0.3) is 0 Å². The molecule has 4 rings (SSSR count). The van der Waals surface area contributed by atoms with E-state index in [0.717, 1.165) is 61.2 Å². The van der Waals surface area contributed by atoms with Crippen molar-refractivity contribution in [2.24, 2.45) is 7.05 Å². The predicted molar refractivity (Wildman–Crippen MR) is 121 cm³/mol. The highest BCUT2D eigenvalue weighted by Gasteiger charge is 2.23. The molecule has 0 N–H and O–H groups in total. The minimum atomic E-state index is 0. The van der Waals surface area contributed by atoms with Crippen LogP contribution in [0.1, 0.15) is 17.0 Å². The second-order valence-corrected chi connectivity index (χ2v) is 7.49. The maximum absolute atomic E-state index is 5.27. The zero-order valence-corrected chi connectivity index (χ0v) is 18.8. The molecule has 1 saturated heterocycles. The number of anilines is 1. The summed E-state index contributed by atoms with van der Waals surface area (Å²) >= 11 is 0. The van der Waals surface area contributed by atoms with Crippen LogP contribution in [0, 0.1) is 13.8 Å². The Bertz CT molecular complexity index is 980. The number of benzene rings is 1. The number of piperazine rings is 1. The molecule has 160 valence electrons. The summed E-state index contributed by atoms with van der Waals surface area (Å²) in [6.07, 6.45) is 3.53. The van der Waals surface area contributed by atoms with E-state index in [2.05, 4.69) is 38.7 Å². The minimum Gasteiger partial charge on any atom is -0.497 e. The highest BCUT2D eigenvalue weighted by molar-refractivity contribution is 5.85. The third-order valence-corrected chi connectivity index (χ3v) is 5.75. The fourth-order valence-electron chi connectivity index (χ4n) is 3.90. The first-order valence-electron chi connectivity index (χ1n) is 9.98. The summed E-state index contributed by atoms with van der Waals surface area (Å²) < 4.78 is 7.25. The lowest BCUT2D eigenvalue weighted by Gasteiger charge is -2.36. The van der Waals surface area contributed by atoms with Gasteiger partial charge in [-0.25, -0.2) is 4.98 Å². The summed E-state index contributed by atoms with van der Waals surface area (Å²) in [6.45, 7) is 9.04. The summed E-state index contributed by atoms with van der Waals surface area (Å²) in [5.74, 6) is 1.79. The van der Waals surface area contributed by atoms with Crippen molar-refractivity contribution in [3.63, 3.8) is 0 Å². The molecular weight excluding hydrogens is 400 g/mol. The molecule has 3 aromatic rings. The maximum Gasteiger partial charge on any atom is 0.155 e. The third-order valence-electron chi connectivity index (χ3n) is 5.75. The van der Waals surface area contributed by atoms with E-state index in [9.17, 15) is 0 Å². The Morgan fingerprint density at radius 2 is 1.63 bits per heavy atom. The van der Waals surface area contributed by atoms with Crippen LogP contribution in [0.15, 0.2) is 36.7 Å². The number of methoxy groups -OCH3 is 1. The average Bonchev–Trinajstić information content (AvgIpc) is 3.00. The summed E-state index contributed by atoms with van der Waals surface area (Å²) in [7, 11) is 3.69. The van der Waals surface area contributed by atoms with Crippen molar-refractivity contribution < 1.29 is 4.74 Å². The van der Waals surface area contributed by atoms with Crippen LogP contribution in [0.4, 0.5) is 5.82 Å². The molecule has 0 aliphatic carbocycles. The third kappa shape index (κ3) is 4.42. The van der Waals surface area contributed by atoms with E-state index in [1.165, 1.54) is 11.3 Å². The quantitative estimate of drug-likeness (QED) is 0.621. The molecule has 30 heavy (non-hydrogen) atoms. The molecule has 2 aromatic heterocycles. The molecule has 1 aliphatic heterocycles. The van der Waals surface area contributed by atoms with Gasteiger partial charge in [-0.1, -0.05) is 0 Å². The minimum absolute atomic E-state index is 0. The first-order chi connectivity index (χ1) is 14.1. The van der Waals surface area contributed by atoms with Gasteiger partial charge in [0.15, 0.2) is 5.82 Å². The van der Waals surface area contributed by atoms with E-state index in [1.54, 1.807) is 19.5 Å². The lowest BCUT2D eigenvalue weighted by atomic mass is 10.1. The van der Waals surface area contributed by atoms with Gasteiger partial charge in [-0.15, -0.1) is 12.4 Å². The lowest BCUT2D eigenvalue weighted by Crippen LogP contribution is -2.46. The molecule has 0 saturated carbocycles. The Morgan fingerprint density at radius 3 is 2.23 bits per heavy atom. The predicted octanol–water partition coefficient (Wildman–Crippen LogP) is 3.25. The zero-order chi connectivity index (χ0) is 20.4. The largest absolute Gasteiger partial charge is 0.497 e. The summed E-state index contributed by atoms with van der Waals surface area (Å²) in [6, 6.07) is 8.00. The van der Waals surface area contributed by atoms with Crippen LogP contribution in [0.25, 0.3) is 11.3 Å². The molecule has 0 amide bonds. The van der Waals surface area contributed by atoms with E-state index in [0.29, 0.717) is 0 Å². The first kappa shape index (κ1) is 22.1.